The van der Waals surface area contributed by atoms with Gasteiger partial charge in [-0.2, -0.15) is 0 Å². The van der Waals surface area contributed by atoms with Crippen molar-refractivity contribution in [1.29, 1.82) is 0 Å². The molecular formula is C10H14N2O3S. The number of ether oxygens (including phenoxy) is 1. The summed E-state index contributed by atoms with van der Waals surface area (Å²) in [5.74, 6) is -0.851. The van der Waals surface area contributed by atoms with Crippen molar-refractivity contribution in [1.82, 2.24) is 4.98 Å². The van der Waals surface area contributed by atoms with Crippen LogP contribution in [0.5, 0.6) is 0 Å². The zero-order valence-electron chi connectivity index (χ0n) is 8.81. The Hall–Kier alpha value is -1.14. The summed E-state index contributed by atoms with van der Waals surface area (Å²) in [6.45, 7) is 1.59. The van der Waals surface area contributed by atoms with Gasteiger partial charge in [-0.05, 0) is 12.8 Å². The number of hydrogen-bond donors (Lipinski definition) is 2. The molecule has 0 aliphatic carbocycles. The molecule has 1 aromatic heterocycles. The van der Waals surface area contributed by atoms with Gasteiger partial charge in [0.25, 0.3) is 0 Å². The number of aromatic nitrogens is 1. The van der Waals surface area contributed by atoms with Crippen LogP contribution in [-0.4, -0.2) is 35.3 Å². The normalized spacial score (nSPS) is 19.9. The molecule has 6 heteroatoms. The molecule has 0 amide bonds. The quantitative estimate of drug-likeness (QED) is 0.815. The number of hydrogen-bond acceptors (Lipinski definition) is 5. The Morgan fingerprint density at radius 2 is 2.62 bits per heavy atom. The molecule has 2 heterocycles. The minimum absolute atomic E-state index is 0.0158. The molecule has 5 nitrogen and oxygen atoms in total. The second kappa shape index (κ2) is 5.27. The fraction of sp³-hybridized carbons (Fsp3) is 0.600. The molecule has 1 aliphatic heterocycles. The average Bonchev–Trinajstić information content (AvgIpc) is 2.84. The summed E-state index contributed by atoms with van der Waals surface area (Å²) < 4.78 is 5.47. The van der Waals surface area contributed by atoms with Gasteiger partial charge < -0.3 is 15.2 Å². The number of aliphatic carboxylic acids is 1. The molecule has 2 rings (SSSR count). The Kier molecular flexibility index (Phi) is 3.74. The first-order valence-corrected chi connectivity index (χ1v) is 6.13. The van der Waals surface area contributed by atoms with Crippen LogP contribution in [0.15, 0.2) is 5.38 Å². The van der Waals surface area contributed by atoms with Gasteiger partial charge in [-0.1, -0.05) is 0 Å². The van der Waals surface area contributed by atoms with E-state index in [4.69, 9.17) is 9.84 Å². The van der Waals surface area contributed by atoms with Crippen LogP contribution in [0.1, 0.15) is 18.5 Å². The maximum absolute atomic E-state index is 10.5. The highest BCUT2D eigenvalue weighted by Crippen LogP contribution is 2.18. The Morgan fingerprint density at radius 1 is 1.75 bits per heavy atom. The van der Waals surface area contributed by atoms with Crippen LogP contribution in [-0.2, 0) is 16.0 Å². The van der Waals surface area contributed by atoms with Gasteiger partial charge in [0.15, 0.2) is 5.13 Å². The van der Waals surface area contributed by atoms with E-state index in [-0.39, 0.29) is 12.5 Å². The van der Waals surface area contributed by atoms with Crippen LogP contribution in [0.4, 0.5) is 5.13 Å². The number of anilines is 1. The first-order valence-electron chi connectivity index (χ1n) is 5.25. The van der Waals surface area contributed by atoms with Crippen molar-refractivity contribution in [3.05, 3.63) is 11.1 Å². The van der Waals surface area contributed by atoms with E-state index in [1.807, 2.05) is 0 Å². The molecular weight excluding hydrogens is 228 g/mol. The molecule has 0 saturated carbocycles. The number of carboxylic acids is 1. The molecule has 1 fully saturated rings. The maximum atomic E-state index is 10.5. The molecule has 1 aliphatic rings. The Morgan fingerprint density at radius 3 is 3.31 bits per heavy atom. The Balaban J connectivity index is 1.80. The number of nitrogens with one attached hydrogen (secondary N) is 1. The van der Waals surface area contributed by atoms with E-state index in [2.05, 4.69) is 10.3 Å². The molecule has 1 atom stereocenters. The van der Waals surface area contributed by atoms with E-state index >= 15 is 0 Å². The lowest BCUT2D eigenvalue weighted by molar-refractivity contribution is -0.136. The van der Waals surface area contributed by atoms with E-state index in [1.165, 1.54) is 11.3 Å². The molecule has 16 heavy (non-hydrogen) atoms. The third-order valence-corrected chi connectivity index (χ3v) is 3.24. The molecule has 0 bridgehead atoms. The molecule has 1 aromatic rings. The third-order valence-electron chi connectivity index (χ3n) is 2.39. The molecule has 1 unspecified atom stereocenters. The van der Waals surface area contributed by atoms with Crippen molar-refractivity contribution in [2.24, 2.45) is 0 Å². The van der Waals surface area contributed by atoms with E-state index < -0.39 is 5.97 Å². The highest BCUT2D eigenvalue weighted by molar-refractivity contribution is 7.13. The molecule has 2 N–H and O–H groups in total. The zero-order valence-corrected chi connectivity index (χ0v) is 9.63. The predicted molar refractivity (Wildman–Crippen MR) is 60.9 cm³/mol. The van der Waals surface area contributed by atoms with Crippen molar-refractivity contribution in [3.63, 3.8) is 0 Å². The smallest absolute Gasteiger partial charge is 0.309 e. The fourth-order valence-corrected chi connectivity index (χ4v) is 2.35. The van der Waals surface area contributed by atoms with Gasteiger partial charge in [0.2, 0.25) is 0 Å². The van der Waals surface area contributed by atoms with Crippen LogP contribution in [0.25, 0.3) is 0 Å². The summed E-state index contributed by atoms with van der Waals surface area (Å²) in [6, 6.07) is 0. The van der Waals surface area contributed by atoms with Gasteiger partial charge in [-0.3, -0.25) is 4.79 Å². The first kappa shape index (κ1) is 11.3. The summed E-state index contributed by atoms with van der Waals surface area (Å²) in [5, 5.41) is 14.3. The van der Waals surface area contributed by atoms with E-state index in [0.717, 1.165) is 31.1 Å². The summed E-state index contributed by atoms with van der Waals surface area (Å²) >= 11 is 1.43. The number of thiazole rings is 1. The molecule has 0 radical (unpaired) electrons. The maximum Gasteiger partial charge on any atom is 0.309 e. The van der Waals surface area contributed by atoms with Crippen LogP contribution in [0.3, 0.4) is 0 Å². The van der Waals surface area contributed by atoms with Crippen molar-refractivity contribution in [2.75, 3.05) is 18.5 Å². The largest absolute Gasteiger partial charge is 0.481 e. The van der Waals surface area contributed by atoms with Crippen LogP contribution >= 0.6 is 11.3 Å². The lowest BCUT2D eigenvalue weighted by atomic mass is 10.2. The summed E-state index contributed by atoms with van der Waals surface area (Å²) in [4.78, 5) is 14.7. The Labute approximate surface area is 97.5 Å². The number of carbonyl (C=O) groups is 1. The second-order valence-corrected chi connectivity index (χ2v) is 4.59. The number of rotatable bonds is 5. The van der Waals surface area contributed by atoms with Crippen molar-refractivity contribution >= 4 is 22.4 Å². The van der Waals surface area contributed by atoms with Gasteiger partial charge in [-0.15, -0.1) is 11.3 Å². The zero-order chi connectivity index (χ0) is 11.4. The minimum Gasteiger partial charge on any atom is -0.481 e. The van der Waals surface area contributed by atoms with Gasteiger partial charge >= 0.3 is 5.97 Å². The fourth-order valence-electron chi connectivity index (χ4n) is 1.63. The monoisotopic (exact) mass is 242 g/mol. The number of nitrogens with zero attached hydrogens (tertiary/aromatic N) is 1. The Bertz CT molecular complexity index is 361. The van der Waals surface area contributed by atoms with Crippen molar-refractivity contribution < 1.29 is 14.6 Å². The van der Waals surface area contributed by atoms with E-state index in [9.17, 15) is 4.79 Å². The van der Waals surface area contributed by atoms with Gasteiger partial charge in [-0.25, -0.2) is 4.98 Å². The predicted octanol–water partition coefficient (Wildman–Crippen LogP) is 1.36. The van der Waals surface area contributed by atoms with E-state index in [1.54, 1.807) is 5.38 Å². The van der Waals surface area contributed by atoms with Crippen molar-refractivity contribution in [2.45, 2.75) is 25.4 Å². The summed E-state index contributed by atoms with van der Waals surface area (Å²) in [7, 11) is 0. The second-order valence-electron chi connectivity index (χ2n) is 3.73. The first-order chi connectivity index (χ1) is 7.74. The molecule has 0 spiro atoms. The highest BCUT2D eigenvalue weighted by atomic mass is 32.1. The minimum atomic E-state index is -0.851. The van der Waals surface area contributed by atoms with Gasteiger partial charge in [0.05, 0.1) is 18.2 Å². The summed E-state index contributed by atoms with van der Waals surface area (Å²) in [5.41, 5.74) is 0.604. The van der Waals surface area contributed by atoms with Gasteiger partial charge in [0.1, 0.15) is 0 Å². The number of carboxylic acid groups (broad SMARTS) is 1. The van der Waals surface area contributed by atoms with Crippen LogP contribution in [0.2, 0.25) is 0 Å². The van der Waals surface area contributed by atoms with E-state index in [0.29, 0.717) is 5.69 Å². The average molecular weight is 242 g/mol. The third kappa shape index (κ3) is 3.18. The van der Waals surface area contributed by atoms with Crippen LogP contribution in [0, 0.1) is 0 Å². The summed E-state index contributed by atoms with van der Waals surface area (Å²) in [6.07, 6.45) is 2.46. The van der Waals surface area contributed by atoms with Gasteiger partial charge in [0, 0.05) is 18.5 Å². The molecule has 0 aromatic carbocycles. The lowest BCUT2D eigenvalue weighted by Crippen LogP contribution is -2.18. The molecule has 1 saturated heterocycles. The van der Waals surface area contributed by atoms with Crippen LogP contribution < -0.4 is 5.32 Å². The SMILES string of the molecule is O=C(O)Cc1csc(NCC2CCCO2)n1. The molecule has 88 valence electrons. The van der Waals surface area contributed by atoms with Crippen molar-refractivity contribution in [3.8, 4) is 0 Å². The lowest BCUT2D eigenvalue weighted by Gasteiger charge is -2.08. The topological polar surface area (TPSA) is 71.5 Å². The highest BCUT2D eigenvalue weighted by Gasteiger charge is 2.15. The standard InChI is InChI=1S/C10H14N2O3S/c13-9(14)4-7-6-16-10(12-7)11-5-8-2-1-3-15-8/h6,8H,1-5H2,(H,11,12)(H,13,14).